The summed E-state index contributed by atoms with van der Waals surface area (Å²) >= 11 is 8.18. The summed E-state index contributed by atoms with van der Waals surface area (Å²) in [7, 11) is 0. The quantitative estimate of drug-likeness (QED) is 0.317. The second kappa shape index (κ2) is 10.0. The third-order valence-corrected chi connectivity index (χ3v) is 4.21. The van der Waals surface area contributed by atoms with Gasteiger partial charge in [-0.2, -0.15) is 0 Å². The van der Waals surface area contributed by atoms with Gasteiger partial charge >= 0.3 is 0 Å². The number of hydrogen-bond donors (Lipinski definition) is 2. The first-order valence-corrected chi connectivity index (χ1v) is 9.09. The fraction of sp³-hybridized carbons (Fsp3) is 0.235. The van der Waals surface area contributed by atoms with Gasteiger partial charge in [-0.05, 0) is 59.8 Å². The lowest BCUT2D eigenvalue weighted by Crippen LogP contribution is -2.26. The van der Waals surface area contributed by atoms with Crippen molar-refractivity contribution in [2.45, 2.75) is 6.92 Å². The molecule has 140 valence electrons. The molecule has 26 heavy (non-hydrogen) atoms. The molecule has 0 aliphatic heterocycles. The Balaban J connectivity index is 2.21. The van der Waals surface area contributed by atoms with Gasteiger partial charge in [-0.15, -0.1) is 0 Å². The Bertz CT molecular complexity index is 793. The van der Waals surface area contributed by atoms with Crippen LogP contribution in [-0.4, -0.2) is 25.7 Å². The maximum atomic E-state index is 14.3. The minimum absolute atomic E-state index is 0.120. The van der Waals surface area contributed by atoms with Gasteiger partial charge in [-0.25, -0.2) is 14.3 Å². The van der Waals surface area contributed by atoms with Crippen molar-refractivity contribution in [2.75, 3.05) is 25.1 Å². The van der Waals surface area contributed by atoms with Crippen LogP contribution in [0.15, 0.2) is 30.3 Å². The van der Waals surface area contributed by atoms with Crippen LogP contribution >= 0.6 is 34.2 Å². The van der Waals surface area contributed by atoms with Gasteiger partial charge in [0.25, 0.3) is 5.91 Å². The highest BCUT2D eigenvalue weighted by Gasteiger charge is 2.20. The van der Waals surface area contributed by atoms with E-state index in [2.05, 4.69) is 33.4 Å². The number of halogens is 4. The molecule has 9 heteroatoms. The monoisotopic (exact) mass is 496 g/mol. The molecule has 0 heterocycles. The molecule has 1 amide bonds. The van der Waals surface area contributed by atoms with Gasteiger partial charge in [0.15, 0.2) is 11.6 Å². The highest BCUT2D eigenvalue weighted by molar-refractivity contribution is 14.1. The zero-order valence-corrected chi connectivity index (χ0v) is 16.7. The van der Waals surface area contributed by atoms with Crippen molar-refractivity contribution in [3.8, 4) is 0 Å². The van der Waals surface area contributed by atoms with Crippen molar-refractivity contribution in [1.29, 1.82) is 0 Å². The number of rotatable bonds is 8. The van der Waals surface area contributed by atoms with Gasteiger partial charge < -0.3 is 10.1 Å². The molecule has 0 fully saturated rings. The summed E-state index contributed by atoms with van der Waals surface area (Å²) in [4.78, 5) is 17.2. The SMILES string of the molecule is CCOCCONC(=O)c1ccc(F)c(F)c1Nc1ccc(I)cc1Cl. The molecule has 0 aliphatic rings. The molecule has 5 nitrogen and oxygen atoms in total. The van der Waals surface area contributed by atoms with E-state index in [1.54, 1.807) is 18.2 Å². The molecule has 0 bridgehead atoms. The number of hydroxylamine groups is 1. The topological polar surface area (TPSA) is 59.6 Å². The van der Waals surface area contributed by atoms with Crippen LogP contribution in [0.2, 0.25) is 5.02 Å². The summed E-state index contributed by atoms with van der Waals surface area (Å²) in [6.07, 6.45) is 0. The van der Waals surface area contributed by atoms with E-state index < -0.39 is 17.5 Å². The molecule has 0 unspecified atom stereocenters. The molecule has 0 spiro atoms. The maximum absolute atomic E-state index is 14.3. The van der Waals surface area contributed by atoms with Crippen molar-refractivity contribution in [1.82, 2.24) is 5.48 Å². The smallest absolute Gasteiger partial charge is 0.277 e. The molecule has 0 saturated carbocycles. The molecule has 0 saturated heterocycles. The van der Waals surface area contributed by atoms with Gasteiger partial charge in [0.05, 0.1) is 35.2 Å². The van der Waals surface area contributed by atoms with E-state index in [1.807, 2.05) is 6.92 Å². The summed E-state index contributed by atoms with van der Waals surface area (Å²) in [5.41, 5.74) is 2.04. The predicted octanol–water partition coefficient (Wildman–Crippen LogP) is 4.66. The minimum atomic E-state index is -1.19. The van der Waals surface area contributed by atoms with Crippen LogP contribution in [0.5, 0.6) is 0 Å². The van der Waals surface area contributed by atoms with Crippen molar-refractivity contribution in [3.05, 3.63) is 56.1 Å². The number of amides is 1. The van der Waals surface area contributed by atoms with E-state index in [0.717, 1.165) is 15.7 Å². The normalized spacial score (nSPS) is 10.7. The number of nitrogens with one attached hydrogen (secondary N) is 2. The van der Waals surface area contributed by atoms with E-state index in [1.165, 1.54) is 0 Å². The molecule has 0 aromatic heterocycles. The van der Waals surface area contributed by atoms with E-state index in [4.69, 9.17) is 21.2 Å². The van der Waals surface area contributed by atoms with Crippen molar-refractivity contribution in [2.24, 2.45) is 0 Å². The number of benzene rings is 2. The summed E-state index contributed by atoms with van der Waals surface area (Å²) in [5, 5.41) is 2.98. The third kappa shape index (κ3) is 5.50. The zero-order chi connectivity index (χ0) is 19.1. The van der Waals surface area contributed by atoms with Gasteiger partial charge in [-0.3, -0.25) is 9.63 Å². The Morgan fingerprint density at radius 2 is 2.00 bits per heavy atom. The van der Waals surface area contributed by atoms with Crippen LogP contribution in [0.3, 0.4) is 0 Å². The van der Waals surface area contributed by atoms with Crippen LogP contribution in [0, 0.1) is 15.2 Å². The van der Waals surface area contributed by atoms with Crippen molar-refractivity contribution in [3.63, 3.8) is 0 Å². The lowest BCUT2D eigenvalue weighted by Gasteiger charge is -2.15. The zero-order valence-electron chi connectivity index (χ0n) is 13.7. The largest absolute Gasteiger partial charge is 0.379 e. The number of carbonyl (C=O) groups is 1. The van der Waals surface area contributed by atoms with E-state index in [-0.39, 0.29) is 24.5 Å². The predicted molar refractivity (Wildman–Crippen MR) is 104 cm³/mol. The number of ether oxygens (including phenoxy) is 1. The van der Waals surface area contributed by atoms with E-state index in [0.29, 0.717) is 17.3 Å². The first-order valence-electron chi connectivity index (χ1n) is 7.64. The summed E-state index contributed by atoms with van der Waals surface area (Å²) < 4.78 is 33.9. The second-order valence-electron chi connectivity index (χ2n) is 5.01. The van der Waals surface area contributed by atoms with Gasteiger partial charge in [0, 0.05) is 10.2 Å². The molecular weight excluding hydrogens is 481 g/mol. The Morgan fingerprint density at radius 1 is 1.23 bits per heavy atom. The highest BCUT2D eigenvalue weighted by atomic mass is 127. The Hall–Kier alpha value is -1.49. The lowest BCUT2D eigenvalue weighted by molar-refractivity contribution is 0.00169. The van der Waals surface area contributed by atoms with E-state index in [9.17, 15) is 13.6 Å². The van der Waals surface area contributed by atoms with Crippen LogP contribution in [0.4, 0.5) is 20.2 Å². The average molecular weight is 497 g/mol. The second-order valence-corrected chi connectivity index (χ2v) is 6.66. The molecule has 0 radical (unpaired) electrons. The van der Waals surface area contributed by atoms with Crippen LogP contribution in [-0.2, 0) is 9.57 Å². The molecule has 0 atom stereocenters. The van der Waals surface area contributed by atoms with E-state index >= 15 is 0 Å². The molecule has 2 aromatic carbocycles. The molecular formula is C17H16ClF2IN2O3. The summed E-state index contributed by atoms with van der Waals surface area (Å²) in [6, 6.07) is 7.02. The first-order chi connectivity index (χ1) is 12.4. The average Bonchev–Trinajstić information content (AvgIpc) is 2.60. The first kappa shape index (κ1) is 20.8. The van der Waals surface area contributed by atoms with Crippen LogP contribution in [0.25, 0.3) is 0 Å². The van der Waals surface area contributed by atoms with Gasteiger partial charge in [-0.1, -0.05) is 11.6 Å². The van der Waals surface area contributed by atoms with Crippen molar-refractivity contribution < 1.29 is 23.1 Å². The lowest BCUT2D eigenvalue weighted by atomic mass is 10.1. The maximum Gasteiger partial charge on any atom is 0.277 e. The summed E-state index contributed by atoms with van der Waals surface area (Å²) in [6.45, 7) is 2.76. The minimum Gasteiger partial charge on any atom is -0.379 e. The molecule has 2 rings (SSSR count). The molecule has 2 aromatic rings. The fourth-order valence-corrected chi connectivity index (χ4v) is 2.91. The highest BCUT2D eigenvalue weighted by Crippen LogP contribution is 2.31. The van der Waals surface area contributed by atoms with Crippen molar-refractivity contribution >= 4 is 51.5 Å². The van der Waals surface area contributed by atoms with Gasteiger partial charge in [0.1, 0.15) is 0 Å². The third-order valence-electron chi connectivity index (χ3n) is 3.23. The number of anilines is 2. The Morgan fingerprint density at radius 3 is 2.69 bits per heavy atom. The van der Waals surface area contributed by atoms with Gasteiger partial charge in [0.2, 0.25) is 0 Å². The Labute approximate surface area is 168 Å². The standard InChI is InChI=1S/C17H16ClF2IN2O3/c1-2-25-7-8-26-23-17(24)11-4-5-13(19)15(20)16(11)22-14-6-3-10(21)9-12(14)18/h3-6,9,22H,2,7-8H2,1H3,(H,23,24). The van der Waals surface area contributed by atoms with Crippen LogP contribution in [0.1, 0.15) is 17.3 Å². The molecule has 0 aliphatic carbocycles. The Kier molecular flexibility index (Phi) is 8.01. The summed E-state index contributed by atoms with van der Waals surface area (Å²) in [5.74, 6) is -3.02. The molecule has 2 N–H and O–H groups in total. The number of carbonyl (C=O) groups excluding carboxylic acids is 1. The fourth-order valence-electron chi connectivity index (χ4n) is 2.00. The van der Waals surface area contributed by atoms with Crippen LogP contribution < -0.4 is 10.8 Å². The number of hydrogen-bond acceptors (Lipinski definition) is 4.